The van der Waals surface area contributed by atoms with Crippen LogP contribution in [0.15, 0.2) is 65.6 Å². The minimum absolute atomic E-state index is 0.0995. The molecule has 1 saturated heterocycles. The zero-order chi connectivity index (χ0) is 20.1. The van der Waals surface area contributed by atoms with Crippen LogP contribution in [-0.2, 0) is 9.59 Å². The molecule has 2 aromatic rings. The standard InChI is InChI=1S/C22H20N2O2S2/c1-15-11-12-18(16(2)13-15)23-20(25)14-24-21(26)19(28-22(24)27)10-6-9-17-7-4-3-5-8-17/h3-13H,14H2,1-2H3,(H,23,25). The van der Waals surface area contributed by atoms with Crippen LogP contribution in [0, 0.1) is 13.8 Å². The second-order valence-electron chi connectivity index (χ2n) is 6.43. The van der Waals surface area contributed by atoms with E-state index < -0.39 is 0 Å². The molecule has 1 fully saturated rings. The van der Waals surface area contributed by atoms with E-state index >= 15 is 0 Å². The lowest BCUT2D eigenvalue weighted by molar-refractivity contribution is -0.126. The number of hydrogen-bond acceptors (Lipinski definition) is 4. The molecule has 2 aromatic carbocycles. The molecule has 2 amide bonds. The van der Waals surface area contributed by atoms with Gasteiger partial charge in [0.15, 0.2) is 0 Å². The number of rotatable bonds is 5. The fraction of sp³-hybridized carbons (Fsp3) is 0.136. The molecule has 1 aliphatic rings. The predicted molar refractivity (Wildman–Crippen MR) is 120 cm³/mol. The van der Waals surface area contributed by atoms with Gasteiger partial charge in [0.25, 0.3) is 5.91 Å². The fourth-order valence-electron chi connectivity index (χ4n) is 2.75. The maximum atomic E-state index is 12.6. The van der Waals surface area contributed by atoms with Gasteiger partial charge in [0.05, 0.1) is 4.91 Å². The smallest absolute Gasteiger partial charge is 0.266 e. The van der Waals surface area contributed by atoms with E-state index in [4.69, 9.17) is 12.2 Å². The third-order valence-electron chi connectivity index (χ3n) is 4.17. The first kappa shape index (κ1) is 20.0. The van der Waals surface area contributed by atoms with Crippen LogP contribution in [0.4, 0.5) is 5.69 Å². The molecule has 0 saturated carbocycles. The van der Waals surface area contributed by atoms with Gasteiger partial charge in [0, 0.05) is 5.69 Å². The fourth-order valence-corrected chi connectivity index (χ4v) is 3.96. The van der Waals surface area contributed by atoms with Crippen LogP contribution >= 0.6 is 24.0 Å². The number of thiocarbonyl (C=S) groups is 1. The summed E-state index contributed by atoms with van der Waals surface area (Å²) in [7, 11) is 0. The number of carbonyl (C=O) groups excluding carboxylic acids is 2. The van der Waals surface area contributed by atoms with Crippen LogP contribution in [0.1, 0.15) is 16.7 Å². The molecule has 28 heavy (non-hydrogen) atoms. The minimum Gasteiger partial charge on any atom is -0.324 e. The van der Waals surface area contributed by atoms with Crippen molar-refractivity contribution in [3.8, 4) is 0 Å². The van der Waals surface area contributed by atoms with Gasteiger partial charge in [-0.15, -0.1) is 0 Å². The van der Waals surface area contributed by atoms with Gasteiger partial charge in [-0.1, -0.05) is 84.2 Å². The first-order valence-corrected chi connectivity index (χ1v) is 10.0. The molecule has 1 heterocycles. The molecule has 6 heteroatoms. The van der Waals surface area contributed by atoms with Crippen molar-refractivity contribution in [3.63, 3.8) is 0 Å². The highest BCUT2D eigenvalue weighted by Gasteiger charge is 2.33. The normalized spacial score (nSPS) is 15.6. The number of nitrogens with one attached hydrogen (secondary N) is 1. The average Bonchev–Trinajstić information content (AvgIpc) is 2.92. The largest absolute Gasteiger partial charge is 0.324 e. The number of benzene rings is 2. The zero-order valence-corrected chi connectivity index (χ0v) is 17.3. The number of allylic oxidation sites excluding steroid dienone is 2. The molecule has 0 unspecified atom stereocenters. The molecular formula is C22H20N2O2S2. The van der Waals surface area contributed by atoms with Crippen LogP contribution < -0.4 is 5.32 Å². The summed E-state index contributed by atoms with van der Waals surface area (Å²) < 4.78 is 0.389. The molecular weight excluding hydrogens is 388 g/mol. The second kappa shape index (κ2) is 8.99. The number of carbonyl (C=O) groups is 2. The Morgan fingerprint density at radius 2 is 1.93 bits per heavy atom. The molecule has 0 atom stereocenters. The van der Waals surface area contributed by atoms with E-state index in [0.717, 1.165) is 22.4 Å². The quantitative estimate of drug-likeness (QED) is 0.576. The first-order valence-electron chi connectivity index (χ1n) is 8.78. The summed E-state index contributed by atoms with van der Waals surface area (Å²) >= 11 is 6.50. The van der Waals surface area contributed by atoms with Gasteiger partial charge in [0.1, 0.15) is 10.9 Å². The molecule has 4 nitrogen and oxygen atoms in total. The van der Waals surface area contributed by atoms with Crippen LogP contribution in [-0.4, -0.2) is 27.6 Å². The van der Waals surface area contributed by atoms with Gasteiger partial charge in [-0.25, -0.2) is 0 Å². The van der Waals surface area contributed by atoms with Crippen molar-refractivity contribution in [1.82, 2.24) is 4.90 Å². The maximum Gasteiger partial charge on any atom is 0.266 e. The first-order chi connectivity index (χ1) is 13.4. The van der Waals surface area contributed by atoms with E-state index in [1.807, 2.05) is 74.5 Å². The van der Waals surface area contributed by atoms with Gasteiger partial charge >= 0.3 is 0 Å². The average molecular weight is 409 g/mol. The Labute approximate surface area is 174 Å². The van der Waals surface area contributed by atoms with Crippen molar-refractivity contribution in [2.75, 3.05) is 11.9 Å². The van der Waals surface area contributed by atoms with E-state index in [1.54, 1.807) is 6.08 Å². The summed E-state index contributed by atoms with van der Waals surface area (Å²) in [5.41, 5.74) is 3.88. The summed E-state index contributed by atoms with van der Waals surface area (Å²) in [6.45, 7) is 3.83. The monoisotopic (exact) mass is 408 g/mol. The molecule has 3 rings (SSSR count). The summed E-state index contributed by atoms with van der Waals surface area (Å²) in [6.07, 6.45) is 5.46. The van der Waals surface area contributed by atoms with Crippen molar-refractivity contribution >= 4 is 51.9 Å². The molecule has 0 spiro atoms. The van der Waals surface area contributed by atoms with Gasteiger partial charge in [-0.05, 0) is 37.1 Å². The van der Waals surface area contributed by atoms with Gasteiger partial charge in [-0.3, -0.25) is 14.5 Å². The van der Waals surface area contributed by atoms with Gasteiger partial charge < -0.3 is 5.32 Å². The Hall–Kier alpha value is -2.70. The number of thioether (sulfide) groups is 1. The number of amides is 2. The number of aryl methyl sites for hydroxylation is 2. The summed E-state index contributed by atoms with van der Waals surface area (Å²) in [5, 5.41) is 2.85. The third kappa shape index (κ3) is 4.97. The van der Waals surface area contributed by atoms with E-state index in [-0.39, 0.29) is 18.4 Å². The van der Waals surface area contributed by atoms with E-state index in [2.05, 4.69) is 5.32 Å². The Morgan fingerprint density at radius 3 is 2.64 bits per heavy atom. The number of hydrogen-bond donors (Lipinski definition) is 1. The zero-order valence-electron chi connectivity index (χ0n) is 15.6. The second-order valence-corrected chi connectivity index (χ2v) is 8.10. The van der Waals surface area contributed by atoms with Crippen LogP contribution in [0.5, 0.6) is 0 Å². The van der Waals surface area contributed by atoms with Gasteiger partial charge in [-0.2, -0.15) is 0 Å². The van der Waals surface area contributed by atoms with Crippen LogP contribution in [0.2, 0.25) is 0 Å². The minimum atomic E-state index is -0.274. The van der Waals surface area contributed by atoms with Crippen LogP contribution in [0.3, 0.4) is 0 Å². The molecule has 0 radical (unpaired) electrons. The Bertz CT molecular complexity index is 981. The Morgan fingerprint density at radius 1 is 1.18 bits per heavy atom. The molecule has 1 N–H and O–H groups in total. The van der Waals surface area contributed by atoms with Crippen molar-refractivity contribution in [3.05, 3.63) is 82.3 Å². The van der Waals surface area contributed by atoms with Crippen molar-refractivity contribution in [2.24, 2.45) is 0 Å². The van der Waals surface area contributed by atoms with Gasteiger partial charge in [0.2, 0.25) is 5.91 Å². The van der Waals surface area contributed by atoms with Crippen LogP contribution in [0.25, 0.3) is 6.08 Å². The lowest BCUT2D eigenvalue weighted by Crippen LogP contribution is -2.36. The van der Waals surface area contributed by atoms with Crippen molar-refractivity contribution < 1.29 is 9.59 Å². The summed E-state index contributed by atoms with van der Waals surface area (Å²) in [5.74, 6) is -0.521. The predicted octanol–water partition coefficient (Wildman–Crippen LogP) is 4.70. The molecule has 0 bridgehead atoms. The van der Waals surface area contributed by atoms with Crippen molar-refractivity contribution in [2.45, 2.75) is 13.8 Å². The molecule has 0 aromatic heterocycles. The summed E-state index contributed by atoms with van der Waals surface area (Å²) in [6, 6.07) is 15.6. The molecule has 142 valence electrons. The third-order valence-corrected chi connectivity index (χ3v) is 5.56. The van der Waals surface area contributed by atoms with E-state index in [0.29, 0.717) is 9.23 Å². The highest BCUT2D eigenvalue weighted by atomic mass is 32.2. The highest BCUT2D eigenvalue weighted by molar-refractivity contribution is 8.26. The van der Waals surface area contributed by atoms with E-state index in [9.17, 15) is 9.59 Å². The molecule has 1 aliphatic heterocycles. The highest BCUT2D eigenvalue weighted by Crippen LogP contribution is 2.31. The lowest BCUT2D eigenvalue weighted by Gasteiger charge is -2.15. The Balaban J connectivity index is 1.64. The molecule has 0 aliphatic carbocycles. The van der Waals surface area contributed by atoms with Crippen molar-refractivity contribution in [1.29, 1.82) is 0 Å². The summed E-state index contributed by atoms with van der Waals surface area (Å²) in [4.78, 5) is 26.8. The Kier molecular flexibility index (Phi) is 6.44. The number of anilines is 1. The number of nitrogens with zero attached hydrogens (tertiary/aromatic N) is 1. The lowest BCUT2D eigenvalue weighted by atomic mass is 10.1. The SMILES string of the molecule is Cc1ccc(NC(=O)CN2C(=O)C(=CC=Cc3ccccc3)SC2=S)c(C)c1. The maximum absolute atomic E-state index is 12.6. The van der Waals surface area contributed by atoms with E-state index in [1.165, 1.54) is 16.7 Å². The topological polar surface area (TPSA) is 49.4 Å².